The SMILES string of the molecule is NC1CC2CCC(C1)N2c1cccc2nccn12. The summed E-state index contributed by atoms with van der Waals surface area (Å²) < 4.78 is 2.20. The molecule has 2 saturated heterocycles. The number of pyridine rings is 1. The Morgan fingerprint density at radius 1 is 1.17 bits per heavy atom. The molecule has 18 heavy (non-hydrogen) atoms. The predicted octanol–water partition coefficient (Wildman–Crippen LogP) is 1.79. The zero-order valence-corrected chi connectivity index (χ0v) is 10.4. The van der Waals surface area contributed by atoms with Crippen molar-refractivity contribution in [2.24, 2.45) is 5.73 Å². The molecule has 2 atom stereocenters. The highest BCUT2D eigenvalue weighted by molar-refractivity contribution is 5.54. The molecular weight excluding hydrogens is 224 g/mol. The van der Waals surface area contributed by atoms with Gasteiger partial charge in [0.25, 0.3) is 0 Å². The first-order valence-corrected chi connectivity index (χ1v) is 6.79. The Morgan fingerprint density at radius 2 is 1.94 bits per heavy atom. The number of rotatable bonds is 1. The molecule has 2 bridgehead atoms. The van der Waals surface area contributed by atoms with E-state index in [4.69, 9.17) is 5.73 Å². The Hall–Kier alpha value is -1.55. The van der Waals surface area contributed by atoms with Crippen LogP contribution in [-0.4, -0.2) is 27.5 Å². The molecule has 94 valence electrons. The molecule has 0 aliphatic carbocycles. The van der Waals surface area contributed by atoms with Gasteiger partial charge in [0, 0.05) is 30.5 Å². The molecule has 0 spiro atoms. The zero-order chi connectivity index (χ0) is 12.1. The van der Waals surface area contributed by atoms with E-state index in [9.17, 15) is 0 Å². The molecule has 4 heteroatoms. The van der Waals surface area contributed by atoms with Gasteiger partial charge in [-0.15, -0.1) is 0 Å². The maximum absolute atomic E-state index is 6.14. The first-order valence-electron chi connectivity index (χ1n) is 6.79. The number of hydrogen-bond donors (Lipinski definition) is 1. The average molecular weight is 242 g/mol. The van der Waals surface area contributed by atoms with Crippen LogP contribution in [0.5, 0.6) is 0 Å². The zero-order valence-electron chi connectivity index (χ0n) is 10.4. The third-order valence-electron chi connectivity index (χ3n) is 4.44. The molecule has 0 aromatic carbocycles. The van der Waals surface area contributed by atoms with E-state index >= 15 is 0 Å². The van der Waals surface area contributed by atoms with Gasteiger partial charge in [0.15, 0.2) is 0 Å². The van der Waals surface area contributed by atoms with Crippen LogP contribution in [0.4, 0.5) is 5.82 Å². The lowest BCUT2D eigenvalue weighted by molar-refractivity contribution is 0.411. The monoisotopic (exact) mass is 242 g/mol. The molecule has 2 N–H and O–H groups in total. The first-order chi connectivity index (χ1) is 8.83. The maximum Gasteiger partial charge on any atom is 0.138 e. The minimum Gasteiger partial charge on any atom is -0.352 e. The van der Waals surface area contributed by atoms with E-state index in [1.807, 2.05) is 6.20 Å². The molecule has 2 fully saturated rings. The van der Waals surface area contributed by atoms with Crippen LogP contribution in [-0.2, 0) is 0 Å². The third-order valence-corrected chi connectivity index (χ3v) is 4.44. The molecule has 4 heterocycles. The van der Waals surface area contributed by atoms with Crippen molar-refractivity contribution in [3.05, 3.63) is 30.6 Å². The number of hydrogen-bond acceptors (Lipinski definition) is 3. The molecule has 2 aromatic heterocycles. The fraction of sp³-hybridized carbons (Fsp3) is 0.500. The second-order valence-electron chi connectivity index (χ2n) is 5.56. The first kappa shape index (κ1) is 10.4. The molecule has 4 nitrogen and oxygen atoms in total. The second-order valence-corrected chi connectivity index (χ2v) is 5.56. The predicted molar refractivity (Wildman–Crippen MR) is 71.7 cm³/mol. The van der Waals surface area contributed by atoms with Crippen molar-refractivity contribution in [2.45, 2.75) is 43.8 Å². The molecule has 4 rings (SSSR count). The highest BCUT2D eigenvalue weighted by atomic mass is 15.3. The summed E-state index contributed by atoms with van der Waals surface area (Å²) in [5.41, 5.74) is 7.17. The van der Waals surface area contributed by atoms with Gasteiger partial charge in [0.2, 0.25) is 0 Å². The fourth-order valence-electron chi connectivity index (χ4n) is 3.74. The van der Waals surface area contributed by atoms with Gasteiger partial charge < -0.3 is 10.6 Å². The third kappa shape index (κ3) is 1.38. The van der Waals surface area contributed by atoms with E-state index in [-0.39, 0.29) is 0 Å². The van der Waals surface area contributed by atoms with E-state index in [0.29, 0.717) is 18.1 Å². The van der Waals surface area contributed by atoms with E-state index in [2.05, 4.69) is 38.7 Å². The van der Waals surface area contributed by atoms with Crippen molar-refractivity contribution in [1.82, 2.24) is 9.38 Å². The Kier molecular flexibility index (Phi) is 2.14. The summed E-state index contributed by atoms with van der Waals surface area (Å²) in [7, 11) is 0. The van der Waals surface area contributed by atoms with Gasteiger partial charge in [-0.05, 0) is 37.8 Å². The molecule has 2 aliphatic heterocycles. The molecule has 2 aromatic rings. The topological polar surface area (TPSA) is 46.6 Å². The fourth-order valence-corrected chi connectivity index (χ4v) is 3.74. The number of fused-ring (bicyclic) bond motifs is 3. The van der Waals surface area contributed by atoms with Crippen LogP contribution >= 0.6 is 0 Å². The molecule has 0 saturated carbocycles. The van der Waals surface area contributed by atoms with Crippen molar-refractivity contribution < 1.29 is 0 Å². The largest absolute Gasteiger partial charge is 0.352 e. The van der Waals surface area contributed by atoms with Crippen molar-refractivity contribution in [2.75, 3.05) is 4.90 Å². The smallest absolute Gasteiger partial charge is 0.138 e. The van der Waals surface area contributed by atoms with Crippen molar-refractivity contribution >= 4 is 11.5 Å². The van der Waals surface area contributed by atoms with E-state index in [1.54, 1.807) is 0 Å². The number of nitrogens with zero attached hydrogens (tertiary/aromatic N) is 3. The molecule has 2 aliphatic rings. The lowest BCUT2D eigenvalue weighted by atomic mass is 9.98. The number of anilines is 1. The minimum atomic E-state index is 0.390. The lowest BCUT2D eigenvalue weighted by Gasteiger charge is -2.39. The maximum atomic E-state index is 6.14. The second kappa shape index (κ2) is 3.72. The number of imidazole rings is 1. The van der Waals surface area contributed by atoms with Gasteiger partial charge in [-0.25, -0.2) is 4.98 Å². The summed E-state index contributed by atoms with van der Waals surface area (Å²) in [5, 5.41) is 0. The number of piperidine rings is 1. The van der Waals surface area contributed by atoms with Crippen LogP contribution in [0.3, 0.4) is 0 Å². The summed E-state index contributed by atoms with van der Waals surface area (Å²) >= 11 is 0. The van der Waals surface area contributed by atoms with Gasteiger partial charge in [-0.1, -0.05) is 6.07 Å². The molecule has 0 amide bonds. The van der Waals surface area contributed by atoms with Crippen molar-refractivity contribution in [1.29, 1.82) is 0 Å². The van der Waals surface area contributed by atoms with Gasteiger partial charge in [0.05, 0.1) is 0 Å². The standard InChI is InChI=1S/C14H18N4/c15-10-8-11-4-5-12(9-10)18(11)14-3-1-2-13-16-6-7-17(13)14/h1-3,6-7,10-12H,4-5,8-9,15H2. The Morgan fingerprint density at radius 3 is 2.72 bits per heavy atom. The van der Waals surface area contributed by atoms with Gasteiger partial charge in [-0.3, -0.25) is 4.40 Å². The lowest BCUT2D eigenvalue weighted by Crippen LogP contribution is -2.48. The Bertz CT molecular complexity index is 562. The van der Waals surface area contributed by atoms with Crippen LogP contribution in [0.25, 0.3) is 5.65 Å². The Labute approximate surface area is 106 Å². The summed E-state index contributed by atoms with van der Waals surface area (Å²) in [6.45, 7) is 0. The van der Waals surface area contributed by atoms with Crippen molar-refractivity contribution in [3.63, 3.8) is 0 Å². The van der Waals surface area contributed by atoms with Gasteiger partial charge >= 0.3 is 0 Å². The van der Waals surface area contributed by atoms with E-state index in [0.717, 1.165) is 18.5 Å². The molecule has 2 unspecified atom stereocenters. The highest BCUT2D eigenvalue weighted by Gasteiger charge is 2.40. The summed E-state index contributed by atoms with van der Waals surface area (Å²) in [5.74, 6) is 1.28. The minimum absolute atomic E-state index is 0.390. The quantitative estimate of drug-likeness (QED) is 0.829. The van der Waals surface area contributed by atoms with Crippen LogP contribution in [0.2, 0.25) is 0 Å². The van der Waals surface area contributed by atoms with Crippen molar-refractivity contribution in [3.8, 4) is 0 Å². The van der Waals surface area contributed by atoms with Gasteiger partial charge in [-0.2, -0.15) is 0 Å². The number of nitrogens with two attached hydrogens (primary N) is 1. The average Bonchev–Trinajstić information content (AvgIpc) is 2.92. The van der Waals surface area contributed by atoms with Crippen LogP contribution < -0.4 is 10.6 Å². The van der Waals surface area contributed by atoms with Crippen LogP contribution in [0.1, 0.15) is 25.7 Å². The Balaban J connectivity index is 1.81. The molecular formula is C14H18N4. The highest BCUT2D eigenvalue weighted by Crippen LogP contribution is 2.38. The number of aromatic nitrogens is 2. The van der Waals surface area contributed by atoms with E-state index in [1.165, 1.54) is 18.7 Å². The van der Waals surface area contributed by atoms with Crippen LogP contribution in [0, 0.1) is 0 Å². The molecule has 0 radical (unpaired) electrons. The summed E-state index contributed by atoms with van der Waals surface area (Å²) in [6.07, 6.45) is 8.74. The van der Waals surface area contributed by atoms with Gasteiger partial charge in [0.1, 0.15) is 11.5 Å². The summed E-state index contributed by atoms with van der Waals surface area (Å²) in [6, 6.07) is 7.99. The van der Waals surface area contributed by atoms with Crippen LogP contribution in [0.15, 0.2) is 30.6 Å². The normalized spacial score (nSPS) is 31.2. The van der Waals surface area contributed by atoms with E-state index < -0.39 is 0 Å². The summed E-state index contributed by atoms with van der Waals surface area (Å²) in [4.78, 5) is 6.95.